The summed E-state index contributed by atoms with van der Waals surface area (Å²) in [6.07, 6.45) is 5.08. The molecule has 3 heterocycles. The number of nitrogens with zero attached hydrogens (tertiary/aromatic N) is 4. The van der Waals surface area contributed by atoms with E-state index in [4.69, 9.17) is 0 Å². The van der Waals surface area contributed by atoms with E-state index in [0.717, 1.165) is 54.2 Å². The van der Waals surface area contributed by atoms with E-state index in [0.29, 0.717) is 0 Å². The largest absolute Gasteiger partial charge is 0.355 e. The first kappa shape index (κ1) is 21.1. The molecule has 33 heavy (non-hydrogen) atoms. The second kappa shape index (κ2) is 8.65. The van der Waals surface area contributed by atoms with Gasteiger partial charge in [-0.25, -0.2) is 13.9 Å². The van der Waals surface area contributed by atoms with Crippen molar-refractivity contribution in [3.63, 3.8) is 0 Å². The van der Waals surface area contributed by atoms with Gasteiger partial charge in [0.1, 0.15) is 11.3 Å². The first-order valence-corrected chi connectivity index (χ1v) is 11.2. The standard InChI is InChI=1S/C26H26FN5O/c1-17-3-8-22(15-18(17)2)29-26(33)20-9-12-31(13-10-20)25-24-16-23(30-32(24)14-11-28-25)19-4-6-21(27)7-5-19/h3-8,11,14-16,20H,9-10,12-13H2,1-2H3,(H,29,33). The van der Waals surface area contributed by atoms with Crippen molar-refractivity contribution in [3.05, 3.63) is 77.9 Å². The summed E-state index contributed by atoms with van der Waals surface area (Å²) in [7, 11) is 0. The van der Waals surface area contributed by atoms with Crippen LogP contribution in [0.3, 0.4) is 0 Å². The third kappa shape index (κ3) is 4.31. The summed E-state index contributed by atoms with van der Waals surface area (Å²) in [6, 6.07) is 14.3. The average molecular weight is 444 g/mol. The number of rotatable bonds is 4. The number of aromatic nitrogens is 3. The van der Waals surface area contributed by atoms with E-state index in [2.05, 4.69) is 34.1 Å². The molecule has 1 aliphatic heterocycles. The van der Waals surface area contributed by atoms with Gasteiger partial charge in [0.25, 0.3) is 0 Å². The Bertz CT molecular complexity index is 1310. The lowest BCUT2D eigenvalue weighted by atomic mass is 9.95. The van der Waals surface area contributed by atoms with Crippen LogP contribution in [0.2, 0.25) is 0 Å². The fourth-order valence-electron chi connectivity index (χ4n) is 4.33. The predicted molar refractivity (Wildman–Crippen MR) is 128 cm³/mol. The van der Waals surface area contributed by atoms with Gasteiger partial charge in [0.05, 0.1) is 5.69 Å². The maximum Gasteiger partial charge on any atom is 0.227 e. The van der Waals surface area contributed by atoms with Gasteiger partial charge >= 0.3 is 0 Å². The molecule has 0 radical (unpaired) electrons. The predicted octanol–water partition coefficient (Wildman–Crippen LogP) is 5.01. The molecule has 7 heteroatoms. The molecule has 5 rings (SSSR count). The zero-order valence-electron chi connectivity index (χ0n) is 18.8. The number of anilines is 2. The van der Waals surface area contributed by atoms with Crippen LogP contribution in [0.15, 0.2) is 60.9 Å². The minimum Gasteiger partial charge on any atom is -0.355 e. The Morgan fingerprint density at radius 3 is 2.52 bits per heavy atom. The smallest absolute Gasteiger partial charge is 0.227 e. The molecule has 0 bridgehead atoms. The molecule has 0 atom stereocenters. The number of benzene rings is 2. The molecule has 1 N–H and O–H groups in total. The number of aryl methyl sites for hydroxylation is 2. The van der Waals surface area contributed by atoms with E-state index >= 15 is 0 Å². The summed E-state index contributed by atoms with van der Waals surface area (Å²) in [5.74, 6) is 0.634. The molecular weight excluding hydrogens is 417 g/mol. The number of fused-ring (bicyclic) bond motifs is 1. The van der Waals surface area contributed by atoms with Crippen molar-refractivity contribution in [1.82, 2.24) is 14.6 Å². The first-order valence-electron chi connectivity index (χ1n) is 11.2. The van der Waals surface area contributed by atoms with Gasteiger partial charge < -0.3 is 10.2 Å². The quantitative estimate of drug-likeness (QED) is 0.482. The Balaban J connectivity index is 1.29. The van der Waals surface area contributed by atoms with Crippen LogP contribution in [0.4, 0.5) is 15.9 Å². The van der Waals surface area contributed by atoms with Crippen LogP contribution in [-0.2, 0) is 4.79 Å². The van der Waals surface area contributed by atoms with Crippen molar-refractivity contribution in [1.29, 1.82) is 0 Å². The van der Waals surface area contributed by atoms with Crippen molar-refractivity contribution in [2.75, 3.05) is 23.3 Å². The van der Waals surface area contributed by atoms with Gasteiger partial charge in [0.2, 0.25) is 5.91 Å². The number of hydrogen-bond acceptors (Lipinski definition) is 4. The minimum absolute atomic E-state index is 0.0257. The van der Waals surface area contributed by atoms with Crippen LogP contribution in [-0.4, -0.2) is 33.6 Å². The summed E-state index contributed by atoms with van der Waals surface area (Å²) in [4.78, 5) is 19.6. The van der Waals surface area contributed by atoms with Crippen molar-refractivity contribution in [3.8, 4) is 11.3 Å². The molecule has 6 nitrogen and oxygen atoms in total. The molecule has 2 aromatic heterocycles. The third-order valence-electron chi connectivity index (χ3n) is 6.45. The Morgan fingerprint density at radius 2 is 1.79 bits per heavy atom. The topological polar surface area (TPSA) is 62.5 Å². The van der Waals surface area contributed by atoms with E-state index in [-0.39, 0.29) is 17.6 Å². The van der Waals surface area contributed by atoms with Crippen LogP contribution in [0, 0.1) is 25.6 Å². The summed E-state index contributed by atoms with van der Waals surface area (Å²) in [5, 5.41) is 7.71. The number of amides is 1. The lowest BCUT2D eigenvalue weighted by Gasteiger charge is -2.32. The van der Waals surface area contributed by atoms with E-state index < -0.39 is 0 Å². The highest BCUT2D eigenvalue weighted by atomic mass is 19.1. The molecule has 1 aliphatic rings. The summed E-state index contributed by atoms with van der Waals surface area (Å²) in [6.45, 7) is 5.60. The Kier molecular flexibility index (Phi) is 5.54. The third-order valence-corrected chi connectivity index (χ3v) is 6.45. The molecular formula is C26H26FN5O. The van der Waals surface area contributed by atoms with Gasteiger partial charge in [-0.3, -0.25) is 4.79 Å². The number of nitrogens with one attached hydrogen (secondary N) is 1. The fourth-order valence-corrected chi connectivity index (χ4v) is 4.33. The van der Waals surface area contributed by atoms with Gasteiger partial charge in [0, 0.05) is 42.7 Å². The second-order valence-electron chi connectivity index (χ2n) is 8.67. The normalized spacial score (nSPS) is 14.6. The van der Waals surface area contributed by atoms with E-state index in [1.165, 1.54) is 23.3 Å². The Labute approximate surface area is 192 Å². The van der Waals surface area contributed by atoms with Crippen molar-refractivity contribution in [2.24, 2.45) is 5.92 Å². The van der Waals surface area contributed by atoms with Crippen LogP contribution < -0.4 is 10.2 Å². The van der Waals surface area contributed by atoms with Crippen molar-refractivity contribution in [2.45, 2.75) is 26.7 Å². The highest BCUT2D eigenvalue weighted by molar-refractivity contribution is 5.93. The molecule has 0 aliphatic carbocycles. The lowest BCUT2D eigenvalue weighted by Crippen LogP contribution is -2.38. The number of halogens is 1. The zero-order valence-corrected chi connectivity index (χ0v) is 18.8. The fraction of sp³-hybridized carbons (Fsp3) is 0.269. The average Bonchev–Trinajstić information content (AvgIpc) is 3.26. The van der Waals surface area contributed by atoms with Gasteiger partial charge in [-0.15, -0.1) is 0 Å². The number of piperidine rings is 1. The van der Waals surface area contributed by atoms with Crippen molar-refractivity contribution < 1.29 is 9.18 Å². The van der Waals surface area contributed by atoms with Crippen molar-refractivity contribution >= 4 is 22.9 Å². The molecule has 2 aromatic carbocycles. The number of hydrogen-bond donors (Lipinski definition) is 1. The van der Waals surface area contributed by atoms with E-state index in [1.807, 2.05) is 30.5 Å². The Morgan fingerprint density at radius 1 is 1.03 bits per heavy atom. The van der Waals surface area contributed by atoms with Gasteiger partial charge in [-0.05, 0) is 80.3 Å². The van der Waals surface area contributed by atoms with Crippen LogP contribution in [0.5, 0.6) is 0 Å². The van der Waals surface area contributed by atoms with Crippen LogP contribution in [0.25, 0.3) is 16.8 Å². The maximum atomic E-state index is 13.3. The molecule has 0 saturated carbocycles. The molecule has 1 saturated heterocycles. The van der Waals surface area contributed by atoms with Gasteiger partial charge in [0.15, 0.2) is 5.82 Å². The van der Waals surface area contributed by atoms with E-state index in [1.54, 1.807) is 22.8 Å². The Hall–Kier alpha value is -3.74. The molecule has 1 fully saturated rings. The maximum absolute atomic E-state index is 13.3. The molecule has 0 spiro atoms. The van der Waals surface area contributed by atoms with Gasteiger partial charge in [-0.2, -0.15) is 5.10 Å². The number of carbonyl (C=O) groups is 1. The lowest BCUT2D eigenvalue weighted by molar-refractivity contribution is -0.120. The SMILES string of the molecule is Cc1ccc(NC(=O)C2CCN(c3nccn4nc(-c5ccc(F)cc5)cc34)CC2)cc1C. The molecule has 168 valence electrons. The monoisotopic (exact) mass is 443 g/mol. The summed E-state index contributed by atoms with van der Waals surface area (Å²) >= 11 is 0. The highest BCUT2D eigenvalue weighted by Gasteiger charge is 2.27. The minimum atomic E-state index is -0.269. The second-order valence-corrected chi connectivity index (χ2v) is 8.67. The van der Waals surface area contributed by atoms with Crippen LogP contribution >= 0.6 is 0 Å². The highest BCUT2D eigenvalue weighted by Crippen LogP contribution is 2.29. The van der Waals surface area contributed by atoms with Gasteiger partial charge in [-0.1, -0.05) is 6.07 Å². The summed E-state index contributed by atoms with van der Waals surface area (Å²) < 4.78 is 15.1. The molecule has 1 amide bonds. The molecule has 0 unspecified atom stereocenters. The number of carbonyl (C=O) groups excluding carboxylic acids is 1. The summed E-state index contributed by atoms with van der Waals surface area (Å²) in [5.41, 5.74) is 5.76. The zero-order chi connectivity index (χ0) is 22.9. The first-order chi connectivity index (χ1) is 16.0. The van der Waals surface area contributed by atoms with E-state index in [9.17, 15) is 9.18 Å². The van der Waals surface area contributed by atoms with Crippen LogP contribution in [0.1, 0.15) is 24.0 Å². The molecule has 4 aromatic rings.